The fourth-order valence-corrected chi connectivity index (χ4v) is 2.66. The highest BCUT2D eigenvalue weighted by Crippen LogP contribution is 2.20. The van der Waals surface area contributed by atoms with Crippen molar-refractivity contribution < 1.29 is 14.6 Å². The number of rotatable bonds is 2. The van der Waals surface area contributed by atoms with Crippen LogP contribution in [-0.4, -0.2) is 49.9 Å². The average Bonchev–Trinajstić information content (AvgIpc) is 2.80. The molecule has 3 heterocycles. The fraction of sp³-hybridized carbons (Fsp3) is 0.417. The smallest absolute Gasteiger partial charge is 0.407 e. The Kier molecular flexibility index (Phi) is 3.47. The van der Waals surface area contributed by atoms with Crippen LogP contribution in [0, 0.1) is 0 Å². The van der Waals surface area contributed by atoms with Gasteiger partial charge in [0.25, 0.3) is 0 Å². The van der Waals surface area contributed by atoms with E-state index in [9.17, 15) is 4.79 Å². The number of carboxylic acid groups (broad SMARTS) is 1. The number of pyridine rings is 1. The van der Waals surface area contributed by atoms with Gasteiger partial charge in [0.1, 0.15) is 6.10 Å². The Morgan fingerprint density at radius 1 is 1.50 bits per heavy atom. The molecule has 1 fully saturated rings. The first kappa shape index (κ1) is 13.2. The molecule has 2 aromatic heterocycles. The lowest BCUT2D eigenvalue weighted by atomic mass is 10.1. The summed E-state index contributed by atoms with van der Waals surface area (Å²) in [5.74, 6) is 0.568. The molecule has 0 saturated carbocycles. The largest absolute Gasteiger partial charge is 0.472 e. The highest BCUT2D eigenvalue weighted by atomic mass is 79.9. The molecule has 1 aliphatic rings. The van der Waals surface area contributed by atoms with E-state index in [1.54, 1.807) is 10.6 Å². The zero-order chi connectivity index (χ0) is 14.1. The maximum atomic E-state index is 11.0. The molecule has 1 atom stereocenters. The van der Waals surface area contributed by atoms with Gasteiger partial charge in [-0.25, -0.2) is 9.78 Å². The summed E-state index contributed by atoms with van der Waals surface area (Å²) in [6.07, 6.45) is 0.567. The summed E-state index contributed by atoms with van der Waals surface area (Å²) in [6, 6.07) is 5.46. The van der Waals surface area contributed by atoms with Gasteiger partial charge in [-0.3, -0.25) is 0 Å². The third-order valence-corrected chi connectivity index (χ3v) is 3.57. The minimum Gasteiger partial charge on any atom is -0.472 e. The molecule has 2 aromatic rings. The van der Waals surface area contributed by atoms with E-state index < -0.39 is 6.09 Å². The van der Waals surface area contributed by atoms with E-state index in [1.165, 1.54) is 4.90 Å². The molecule has 1 saturated heterocycles. The van der Waals surface area contributed by atoms with E-state index in [0.717, 1.165) is 12.8 Å². The Balaban J connectivity index is 1.80. The van der Waals surface area contributed by atoms with Crippen molar-refractivity contribution in [1.82, 2.24) is 19.5 Å². The second-order valence-corrected chi connectivity index (χ2v) is 5.33. The number of fused-ring (bicyclic) bond motifs is 1. The molecule has 20 heavy (non-hydrogen) atoms. The fourth-order valence-electron chi connectivity index (χ4n) is 2.32. The lowest BCUT2D eigenvalue weighted by Crippen LogP contribution is -2.43. The van der Waals surface area contributed by atoms with Crippen molar-refractivity contribution in [1.29, 1.82) is 0 Å². The maximum absolute atomic E-state index is 11.0. The lowest BCUT2D eigenvalue weighted by Gasteiger charge is -2.30. The quantitative estimate of drug-likeness (QED) is 0.904. The van der Waals surface area contributed by atoms with Crippen LogP contribution in [-0.2, 0) is 0 Å². The summed E-state index contributed by atoms with van der Waals surface area (Å²) in [4.78, 5) is 16.6. The number of hydrogen-bond donors (Lipinski definition) is 1. The monoisotopic (exact) mass is 340 g/mol. The highest BCUT2D eigenvalue weighted by Gasteiger charge is 2.25. The van der Waals surface area contributed by atoms with Crippen LogP contribution in [0.4, 0.5) is 4.79 Å². The zero-order valence-electron chi connectivity index (χ0n) is 10.6. The van der Waals surface area contributed by atoms with Crippen LogP contribution in [0.1, 0.15) is 12.8 Å². The van der Waals surface area contributed by atoms with Gasteiger partial charge in [0.2, 0.25) is 10.6 Å². The van der Waals surface area contributed by atoms with E-state index in [4.69, 9.17) is 9.84 Å². The zero-order valence-corrected chi connectivity index (χ0v) is 12.2. The molecule has 8 heteroatoms. The maximum Gasteiger partial charge on any atom is 0.407 e. The van der Waals surface area contributed by atoms with E-state index in [2.05, 4.69) is 26.0 Å². The molecule has 0 aromatic carbocycles. The molecule has 3 rings (SSSR count). The van der Waals surface area contributed by atoms with Gasteiger partial charge in [0, 0.05) is 12.6 Å². The Labute approximate surface area is 123 Å². The number of likely N-dealkylation sites (tertiary alicyclic amines) is 1. The average molecular weight is 341 g/mol. The van der Waals surface area contributed by atoms with Gasteiger partial charge in [0.15, 0.2) is 5.65 Å². The van der Waals surface area contributed by atoms with Crippen LogP contribution in [0.5, 0.6) is 5.88 Å². The van der Waals surface area contributed by atoms with E-state index in [0.29, 0.717) is 29.4 Å². The molecule has 1 aliphatic heterocycles. The third-order valence-electron chi connectivity index (χ3n) is 3.24. The minimum atomic E-state index is -0.903. The van der Waals surface area contributed by atoms with E-state index in [1.807, 2.05) is 12.1 Å². The molecule has 0 spiro atoms. The number of nitrogens with zero attached hydrogens (tertiary/aromatic N) is 4. The topological polar surface area (TPSA) is 80.0 Å². The van der Waals surface area contributed by atoms with Gasteiger partial charge < -0.3 is 14.7 Å². The summed E-state index contributed by atoms with van der Waals surface area (Å²) in [5, 5.41) is 13.2. The number of hydrogen-bond acceptors (Lipinski definition) is 4. The molecule has 1 N–H and O–H groups in total. The molecule has 7 nitrogen and oxygen atoms in total. The summed E-state index contributed by atoms with van der Waals surface area (Å²) < 4.78 is 7.99. The number of piperidine rings is 1. The first-order valence-corrected chi connectivity index (χ1v) is 7.08. The number of halogens is 1. The van der Waals surface area contributed by atoms with Crippen molar-refractivity contribution in [3.8, 4) is 5.88 Å². The standard InChI is InChI=1S/C12H13BrN4O3/c13-11-14-9-4-1-5-10(17(9)15-11)20-8-3-2-6-16(7-8)12(18)19/h1,4-5,8H,2-3,6-7H2,(H,18,19). The van der Waals surface area contributed by atoms with Gasteiger partial charge in [0.05, 0.1) is 6.54 Å². The van der Waals surface area contributed by atoms with Crippen LogP contribution < -0.4 is 4.74 Å². The highest BCUT2D eigenvalue weighted by molar-refractivity contribution is 9.10. The molecule has 1 unspecified atom stereocenters. The van der Waals surface area contributed by atoms with Crippen molar-refractivity contribution in [3.63, 3.8) is 0 Å². The predicted octanol–water partition coefficient (Wildman–Crippen LogP) is 2.01. The first-order chi connectivity index (χ1) is 9.63. The normalized spacial score (nSPS) is 19.2. The number of aromatic nitrogens is 3. The van der Waals surface area contributed by atoms with Gasteiger partial charge in [-0.2, -0.15) is 4.52 Å². The second-order valence-electron chi connectivity index (χ2n) is 4.63. The summed E-state index contributed by atoms with van der Waals surface area (Å²) in [6.45, 7) is 0.940. The third kappa shape index (κ3) is 2.55. The summed E-state index contributed by atoms with van der Waals surface area (Å²) in [5.41, 5.74) is 0.681. The molecule has 106 valence electrons. The number of carbonyl (C=O) groups is 1. The van der Waals surface area contributed by atoms with Crippen LogP contribution in [0.15, 0.2) is 22.9 Å². The molecular formula is C12H13BrN4O3. The predicted molar refractivity (Wildman–Crippen MR) is 73.9 cm³/mol. The van der Waals surface area contributed by atoms with Gasteiger partial charge in [-0.15, -0.1) is 5.10 Å². The van der Waals surface area contributed by atoms with Crippen molar-refractivity contribution in [2.24, 2.45) is 0 Å². The SMILES string of the molecule is O=C(O)N1CCCC(Oc2cccc3nc(Br)nn23)C1. The molecular weight excluding hydrogens is 328 g/mol. The Morgan fingerprint density at radius 2 is 2.35 bits per heavy atom. The van der Waals surface area contributed by atoms with Crippen molar-refractivity contribution in [2.75, 3.05) is 13.1 Å². The van der Waals surface area contributed by atoms with Crippen LogP contribution >= 0.6 is 15.9 Å². The minimum absolute atomic E-state index is 0.159. The molecule has 0 aliphatic carbocycles. The van der Waals surface area contributed by atoms with Crippen LogP contribution in [0.25, 0.3) is 5.65 Å². The Morgan fingerprint density at radius 3 is 3.15 bits per heavy atom. The van der Waals surface area contributed by atoms with E-state index in [-0.39, 0.29) is 6.10 Å². The molecule has 0 radical (unpaired) electrons. The molecule has 1 amide bonds. The number of ether oxygens (including phenoxy) is 1. The Bertz CT molecular complexity index is 645. The summed E-state index contributed by atoms with van der Waals surface area (Å²) in [7, 11) is 0. The van der Waals surface area contributed by atoms with Gasteiger partial charge >= 0.3 is 6.09 Å². The van der Waals surface area contributed by atoms with Crippen LogP contribution in [0.3, 0.4) is 0 Å². The first-order valence-electron chi connectivity index (χ1n) is 6.29. The van der Waals surface area contributed by atoms with Crippen LogP contribution in [0.2, 0.25) is 0 Å². The second kappa shape index (κ2) is 5.28. The van der Waals surface area contributed by atoms with Gasteiger partial charge in [-0.1, -0.05) is 6.07 Å². The Hall–Kier alpha value is -1.83. The summed E-state index contributed by atoms with van der Waals surface area (Å²) >= 11 is 3.23. The van der Waals surface area contributed by atoms with Crippen molar-refractivity contribution >= 4 is 27.7 Å². The number of amides is 1. The van der Waals surface area contributed by atoms with Crippen molar-refractivity contribution in [3.05, 3.63) is 22.9 Å². The van der Waals surface area contributed by atoms with E-state index >= 15 is 0 Å². The molecule has 0 bridgehead atoms. The van der Waals surface area contributed by atoms with Crippen molar-refractivity contribution in [2.45, 2.75) is 18.9 Å². The van der Waals surface area contributed by atoms with Gasteiger partial charge in [-0.05, 0) is 34.8 Å². The lowest BCUT2D eigenvalue weighted by molar-refractivity contribution is 0.0754.